The van der Waals surface area contributed by atoms with Gasteiger partial charge in [-0.2, -0.15) is 0 Å². The van der Waals surface area contributed by atoms with E-state index in [-0.39, 0.29) is 5.38 Å². The highest BCUT2D eigenvalue weighted by Crippen LogP contribution is 2.39. The summed E-state index contributed by atoms with van der Waals surface area (Å²) >= 11 is 17.7. The molecular weight excluding hydrogens is 363 g/mol. The van der Waals surface area contributed by atoms with E-state index in [4.69, 9.17) is 23.2 Å². The van der Waals surface area contributed by atoms with Crippen molar-refractivity contribution in [3.63, 3.8) is 0 Å². The fraction of sp³-hybridized carbons (Fsp3) is 0.0667. The van der Waals surface area contributed by atoms with Crippen LogP contribution in [0.2, 0.25) is 4.34 Å². The molecular formula is C15H9BrCl2S. The zero-order valence-electron chi connectivity index (χ0n) is 9.74. The summed E-state index contributed by atoms with van der Waals surface area (Å²) in [6, 6.07) is 16.2. The Morgan fingerprint density at radius 2 is 1.68 bits per heavy atom. The van der Waals surface area contributed by atoms with Gasteiger partial charge in [0.25, 0.3) is 0 Å². The summed E-state index contributed by atoms with van der Waals surface area (Å²) in [6.45, 7) is 0. The van der Waals surface area contributed by atoms with Gasteiger partial charge in [0.15, 0.2) is 0 Å². The molecule has 0 aliphatic carbocycles. The van der Waals surface area contributed by atoms with Crippen LogP contribution in [0.15, 0.2) is 53.0 Å². The minimum absolute atomic E-state index is 0.171. The molecule has 0 bridgehead atoms. The van der Waals surface area contributed by atoms with Crippen molar-refractivity contribution in [3.8, 4) is 0 Å². The summed E-state index contributed by atoms with van der Waals surface area (Å²) in [6.07, 6.45) is 0. The normalized spacial score (nSPS) is 12.8. The van der Waals surface area contributed by atoms with E-state index in [1.165, 1.54) is 22.1 Å². The molecule has 0 nitrogen and oxygen atoms in total. The number of fused-ring (bicyclic) bond motifs is 1. The van der Waals surface area contributed by atoms with E-state index in [2.05, 4.69) is 34.1 Å². The van der Waals surface area contributed by atoms with Crippen molar-refractivity contribution in [2.24, 2.45) is 0 Å². The summed E-state index contributed by atoms with van der Waals surface area (Å²) in [5, 5.41) is 2.17. The first-order valence-electron chi connectivity index (χ1n) is 5.73. The molecule has 96 valence electrons. The molecule has 2 aromatic carbocycles. The first kappa shape index (κ1) is 13.4. The van der Waals surface area contributed by atoms with Gasteiger partial charge in [-0.3, -0.25) is 0 Å². The summed E-state index contributed by atoms with van der Waals surface area (Å²) < 4.78 is 1.85. The third-order valence-corrected chi connectivity index (χ3v) is 5.61. The van der Waals surface area contributed by atoms with Crippen LogP contribution in [0.3, 0.4) is 0 Å². The molecule has 0 amide bonds. The largest absolute Gasteiger partial charge is 0.127 e. The second-order valence-corrected chi connectivity index (χ2v) is 7.22. The van der Waals surface area contributed by atoms with Gasteiger partial charge < -0.3 is 0 Å². The van der Waals surface area contributed by atoms with Gasteiger partial charge in [-0.25, -0.2) is 0 Å². The molecule has 1 aromatic heterocycles. The van der Waals surface area contributed by atoms with E-state index in [9.17, 15) is 0 Å². The summed E-state index contributed by atoms with van der Waals surface area (Å²) in [4.78, 5) is 1.07. The number of thiophene rings is 1. The molecule has 0 N–H and O–H groups in total. The second kappa shape index (κ2) is 5.45. The maximum Gasteiger partial charge on any atom is 0.0934 e. The molecule has 0 fully saturated rings. The number of benzene rings is 2. The minimum atomic E-state index is -0.171. The molecule has 19 heavy (non-hydrogen) atoms. The summed E-state index contributed by atoms with van der Waals surface area (Å²) in [5.41, 5.74) is 1.11. The van der Waals surface area contributed by atoms with Crippen molar-refractivity contribution >= 4 is 61.2 Å². The first-order valence-corrected chi connectivity index (χ1v) is 8.15. The standard InChI is InChI=1S/C15H9BrCl2S/c16-12-6-5-11(9-3-1-2-4-10(9)12)15(18)13-7-8-14(17)19-13/h1-8,15H. The maximum atomic E-state index is 6.61. The van der Waals surface area contributed by atoms with Crippen molar-refractivity contribution in [1.82, 2.24) is 0 Å². The predicted molar refractivity (Wildman–Crippen MR) is 88.7 cm³/mol. The highest BCUT2D eigenvalue weighted by atomic mass is 79.9. The zero-order valence-corrected chi connectivity index (χ0v) is 13.7. The van der Waals surface area contributed by atoms with Crippen molar-refractivity contribution in [2.45, 2.75) is 5.38 Å². The number of alkyl halides is 1. The van der Waals surface area contributed by atoms with Crippen LogP contribution in [-0.4, -0.2) is 0 Å². The molecule has 1 atom stereocenters. The van der Waals surface area contributed by atoms with Gasteiger partial charge in [0.05, 0.1) is 9.71 Å². The van der Waals surface area contributed by atoms with E-state index in [0.29, 0.717) is 0 Å². The van der Waals surface area contributed by atoms with Crippen LogP contribution in [0.5, 0.6) is 0 Å². The van der Waals surface area contributed by atoms with Crippen LogP contribution in [0.1, 0.15) is 15.8 Å². The third-order valence-electron chi connectivity index (χ3n) is 3.02. The average Bonchev–Trinajstić information content (AvgIpc) is 2.86. The molecule has 0 saturated carbocycles. The highest BCUT2D eigenvalue weighted by Gasteiger charge is 2.16. The lowest BCUT2D eigenvalue weighted by molar-refractivity contribution is 1.21. The Morgan fingerprint density at radius 3 is 2.37 bits per heavy atom. The SMILES string of the molecule is Clc1ccc(C(Cl)c2ccc(Br)c3ccccc23)s1. The molecule has 1 unspecified atom stereocenters. The van der Waals surface area contributed by atoms with E-state index >= 15 is 0 Å². The highest BCUT2D eigenvalue weighted by molar-refractivity contribution is 9.10. The van der Waals surface area contributed by atoms with E-state index < -0.39 is 0 Å². The molecule has 3 rings (SSSR count). The number of rotatable bonds is 2. The Labute approximate surface area is 134 Å². The third kappa shape index (κ3) is 2.55. The van der Waals surface area contributed by atoms with E-state index in [1.54, 1.807) is 0 Å². The lowest BCUT2D eigenvalue weighted by Crippen LogP contribution is -1.92. The number of hydrogen-bond acceptors (Lipinski definition) is 1. The Morgan fingerprint density at radius 1 is 0.947 bits per heavy atom. The van der Waals surface area contributed by atoms with E-state index in [1.807, 2.05) is 30.3 Å². The van der Waals surface area contributed by atoms with Gasteiger partial charge in [-0.15, -0.1) is 22.9 Å². The zero-order chi connectivity index (χ0) is 13.4. The Hall–Kier alpha value is -0.540. The van der Waals surface area contributed by atoms with E-state index in [0.717, 1.165) is 19.2 Å². The average molecular weight is 372 g/mol. The molecule has 0 saturated heterocycles. The predicted octanol–water partition coefficient (Wildman–Crippen LogP) is 6.65. The molecule has 1 heterocycles. The monoisotopic (exact) mass is 370 g/mol. The smallest absolute Gasteiger partial charge is 0.0934 e. The molecule has 0 aliphatic rings. The lowest BCUT2D eigenvalue weighted by Gasteiger charge is -2.12. The second-order valence-electron chi connectivity index (χ2n) is 4.19. The van der Waals surface area contributed by atoms with Gasteiger partial charge in [-0.05, 0) is 34.5 Å². The molecule has 3 aromatic rings. The van der Waals surface area contributed by atoms with Crippen LogP contribution in [0.25, 0.3) is 10.8 Å². The Kier molecular flexibility index (Phi) is 3.86. The molecule has 0 spiro atoms. The molecule has 4 heteroatoms. The van der Waals surface area contributed by atoms with Gasteiger partial charge in [0.1, 0.15) is 0 Å². The van der Waals surface area contributed by atoms with Gasteiger partial charge in [-0.1, -0.05) is 57.9 Å². The number of halogens is 3. The quantitative estimate of drug-likeness (QED) is 0.442. The number of hydrogen-bond donors (Lipinski definition) is 0. The fourth-order valence-corrected chi connectivity index (χ4v) is 4.06. The van der Waals surface area contributed by atoms with Gasteiger partial charge in [0.2, 0.25) is 0 Å². The summed E-state index contributed by atoms with van der Waals surface area (Å²) in [7, 11) is 0. The maximum absolute atomic E-state index is 6.61. The van der Waals surface area contributed by atoms with Gasteiger partial charge >= 0.3 is 0 Å². The molecule has 0 aliphatic heterocycles. The molecule has 0 radical (unpaired) electrons. The topological polar surface area (TPSA) is 0 Å². The first-order chi connectivity index (χ1) is 9.16. The van der Waals surface area contributed by atoms with Crippen LogP contribution in [0, 0.1) is 0 Å². The van der Waals surface area contributed by atoms with Crippen molar-refractivity contribution in [3.05, 3.63) is 67.8 Å². The van der Waals surface area contributed by atoms with Crippen molar-refractivity contribution in [1.29, 1.82) is 0 Å². The van der Waals surface area contributed by atoms with Crippen LogP contribution in [0.4, 0.5) is 0 Å². The minimum Gasteiger partial charge on any atom is -0.127 e. The Bertz CT molecular complexity index is 736. The fourth-order valence-electron chi connectivity index (χ4n) is 2.12. The van der Waals surface area contributed by atoms with Crippen molar-refractivity contribution < 1.29 is 0 Å². The Balaban J connectivity index is 2.18. The summed E-state index contributed by atoms with van der Waals surface area (Å²) in [5.74, 6) is 0. The van der Waals surface area contributed by atoms with Crippen LogP contribution < -0.4 is 0 Å². The van der Waals surface area contributed by atoms with Gasteiger partial charge in [0, 0.05) is 9.35 Å². The van der Waals surface area contributed by atoms with Crippen LogP contribution >= 0.6 is 50.5 Å². The van der Waals surface area contributed by atoms with Crippen LogP contribution in [-0.2, 0) is 0 Å². The van der Waals surface area contributed by atoms with Crippen molar-refractivity contribution in [2.75, 3.05) is 0 Å². The lowest BCUT2D eigenvalue weighted by atomic mass is 10.0.